The van der Waals surface area contributed by atoms with Crippen molar-refractivity contribution in [3.05, 3.63) is 82.4 Å². The molecule has 0 aliphatic heterocycles. The first-order valence-electron chi connectivity index (χ1n) is 8.79. The van der Waals surface area contributed by atoms with E-state index in [1.807, 2.05) is 42.9 Å². The predicted octanol–water partition coefficient (Wildman–Crippen LogP) is 3.89. The zero-order valence-electron chi connectivity index (χ0n) is 15.9. The molecule has 0 radical (unpaired) electrons. The number of hydrogen-bond donors (Lipinski definition) is 2. The molecule has 0 spiro atoms. The molecule has 0 atom stereocenters. The number of aryl methyl sites for hydroxylation is 2. The molecule has 3 aromatic rings. The molecule has 1 heterocycles. The molecular formula is C21H21FN4OS. The lowest BCUT2D eigenvalue weighted by molar-refractivity contribution is 0.0977. The molecule has 0 bridgehead atoms. The van der Waals surface area contributed by atoms with Gasteiger partial charge in [-0.3, -0.25) is 14.8 Å². The van der Waals surface area contributed by atoms with Crippen LogP contribution < -0.4 is 10.6 Å². The third-order valence-electron chi connectivity index (χ3n) is 4.59. The standard InChI is InChI=1S/C21H21FN4OS/c1-13-19(14(2)26(3)25-13)12-15-4-10-18(11-5-15)23-21(28)24-20(27)16-6-8-17(22)9-7-16/h4-11H,12H2,1-3H3,(H2,23,24,27,28). The third kappa shape index (κ3) is 4.61. The van der Waals surface area contributed by atoms with Gasteiger partial charge in [-0.1, -0.05) is 12.1 Å². The van der Waals surface area contributed by atoms with Gasteiger partial charge in [0.25, 0.3) is 5.91 Å². The van der Waals surface area contributed by atoms with E-state index in [2.05, 4.69) is 22.7 Å². The lowest BCUT2D eigenvalue weighted by Gasteiger charge is -2.10. The van der Waals surface area contributed by atoms with Crippen LogP contribution in [0.25, 0.3) is 0 Å². The number of thiocarbonyl (C=S) groups is 1. The van der Waals surface area contributed by atoms with Gasteiger partial charge in [0.2, 0.25) is 0 Å². The molecule has 0 saturated heterocycles. The fourth-order valence-corrected chi connectivity index (χ4v) is 3.13. The van der Waals surface area contributed by atoms with Crippen LogP contribution in [0.5, 0.6) is 0 Å². The topological polar surface area (TPSA) is 59.0 Å². The van der Waals surface area contributed by atoms with Crippen molar-refractivity contribution in [3.8, 4) is 0 Å². The van der Waals surface area contributed by atoms with Crippen LogP contribution >= 0.6 is 12.2 Å². The van der Waals surface area contributed by atoms with Gasteiger partial charge in [0.1, 0.15) is 5.82 Å². The van der Waals surface area contributed by atoms with Crippen molar-refractivity contribution in [2.45, 2.75) is 20.3 Å². The van der Waals surface area contributed by atoms with E-state index < -0.39 is 11.7 Å². The van der Waals surface area contributed by atoms with E-state index in [1.165, 1.54) is 29.8 Å². The third-order valence-corrected chi connectivity index (χ3v) is 4.79. The Balaban J connectivity index is 1.60. The molecular weight excluding hydrogens is 375 g/mol. The average molecular weight is 396 g/mol. The maximum Gasteiger partial charge on any atom is 0.257 e. The lowest BCUT2D eigenvalue weighted by Crippen LogP contribution is -2.34. The van der Waals surface area contributed by atoms with Crippen LogP contribution in [-0.2, 0) is 13.5 Å². The highest BCUT2D eigenvalue weighted by molar-refractivity contribution is 7.80. The molecule has 0 aliphatic rings. The Kier molecular flexibility index (Phi) is 5.84. The Morgan fingerprint density at radius 1 is 1.11 bits per heavy atom. The molecule has 1 amide bonds. The highest BCUT2D eigenvalue weighted by atomic mass is 32.1. The number of carbonyl (C=O) groups excluding carboxylic acids is 1. The molecule has 0 unspecified atom stereocenters. The summed E-state index contributed by atoms with van der Waals surface area (Å²) in [5, 5.41) is 10.2. The van der Waals surface area contributed by atoms with E-state index in [0.29, 0.717) is 5.56 Å². The van der Waals surface area contributed by atoms with Gasteiger partial charge < -0.3 is 5.32 Å². The first kappa shape index (κ1) is 19.7. The van der Waals surface area contributed by atoms with E-state index in [-0.39, 0.29) is 5.11 Å². The predicted molar refractivity (Wildman–Crippen MR) is 112 cm³/mol. The Hall–Kier alpha value is -3.06. The van der Waals surface area contributed by atoms with Crippen LogP contribution in [0, 0.1) is 19.7 Å². The molecule has 0 saturated carbocycles. The van der Waals surface area contributed by atoms with Gasteiger partial charge in [-0.15, -0.1) is 0 Å². The fraction of sp³-hybridized carbons (Fsp3) is 0.190. The van der Waals surface area contributed by atoms with Crippen molar-refractivity contribution in [2.75, 3.05) is 5.32 Å². The monoisotopic (exact) mass is 396 g/mol. The number of carbonyl (C=O) groups is 1. The number of nitrogens with zero attached hydrogens (tertiary/aromatic N) is 2. The number of nitrogens with one attached hydrogen (secondary N) is 2. The van der Waals surface area contributed by atoms with E-state index in [9.17, 15) is 9.18 Å². The second kappa shape index (κ2) is 8.31. The number of halogens is 1. The molecule has 1 aromatic heterocycles. The van der Waals surface area contributed by atoms with Crippen molar-refractivity contribution in [2.24, 2.45) is 7.05 Å². The second-order valence-electron chi connectivity index (χ2n) is 6.56. The molecule has 28 heavy (non-hydrogen) atoms. The summed E-state index contributed by atoms with van der Waals surface area (Å²) < 4.78 is 14.8. The van der Waals surface area contributed by atoms with Gasteiger partial charge in [0.15, 0.2) is 5.11 Å². The second-order valence-corrected chi connectivity index (χ2v) is 6.97. The fourth-order valence-electron chi connectivity index (χ4n) is 2.92. The molecule has 3 rings (SSSR count). The van der Waals surface area contributed by atoms with Crippen LogP contribution in [0.15, 0.2) is 48.5 Å². The minimum absolute atomic E-state index is 0.182. The number of rotatable bonds is 4. The van der Waals surface area contributed by atoms with Gasteiger partial charge in [-0.2, -0.15) is 5.10 Å². The Morgan fingerprint density at radius 2 is 1.75 bits per heavy atom. The number of amides is 1. The Labute approximate surface area is 168 Å². The minimum Gasteiger partial charge on any atom is -0.332 e. The van der Waals surface area contributed by atoms with Gasteiger partial charge >= 0.3 is 0 Å². The van der Waals surface area contributed by atoms with Crippen LogP contribution in [0.1, 0.15) is 32.9 Å². The number of hydrogen-bond acceptors (Lipinski definition) is 3. The number of benzene rings is 2. The quantitative estimate of drug-likeness (QED) is 0.657. The molecule has 0 fully saturated rings. The molecule has 144 valence electrons. The summed E-state index contributed by atoms with van der Waals surface area (Å²) in [6.45, 7) is 4.08. The number of anilines is 1. The lowest BCUT2D eigenvalue weighted by atomic mass is 10.0. The van der Waals surface area contributed by atoms with Crippen molar-refractivity contribution < 1.29 is 9.18 Å². The van der Waals surface area contributed by atoms with Crippen molar-refractivity contribution in [1.29, 1.82) is 0 Å². The summed E-state index contributed by atoms with van der Waals surface area (Å²) in [5.74, 6) is -0.786. The SMILES string of the molecule is Cc1nn(C)c(C)c1Cc1ccc(NC(=S)NC(=O)c2ccc(F)cc2)cc1. The van der Waals surface area contributed by atoms with Crippen molar-refractivity contribution >= 4 is 28.9 Å². The van der Waals surface area contributed by atoms with Gasteiger partial charge in [0.05, 0.1) is 5.69 Å². The van der Waals surface area contributed by atoms with E-state index in [0.717, 1.165) is 29.1 Å². The first-order valence-corrected chi connectivity index (χ1v) is 9.20. The summed E-state index contributed by atoms with van der Waals surface area (Å²) in [5.41, 5.74) is 5.68. The van der Waals surface area contributed by atoms with Crippen LogP contribution in [-0.4, -0.2) is 20.8 Å². The number of aromatic nitrogens is 2. The largest absolute Gasteiger partial charge is 0.332 e. The van der Waals surface area contributed by atoms with E-state index >= 15 is 0 Å². The van der Waals surface area contributed by atoms with E-state index in [1.54, 1.807) is 0 Å². The zero-order valence-corrected chi connectivity index (χ0v) is 16.7. The minimum atomic E-state index is -0.394. The summed E-state index contributed by atoms with van der Waals surface area (Å²) in [4.78, 5) is 12.1. The molecule has 0 aliphatic carbocycles. The van der Waals surface area contributed by atoms with E-state index in [4.69, 9.17) is 12.2 Å². The highest BCUT2D eigenvalue weighted by Gasteiger charge is 2.11. The molecule has 2 aromatic carbocycles. The maximum absolute atomic E-state index is 12.9. The van der Waals surface area contributed by atoms with Gasteiger partial charge in [0, 0.05) is 36.0 Å². The van der Waals surface area contributed by atoms with Gasteiger partial charge in [-0.25, -0.2) is 4.39 Å². The highest BCUT2D eigenvalue weighted by Crippen LogP contribution is 2.18. The summed E-state index contributed by atoms with van der Waals surface area (Å²) in [7, 11) is 1.94. The average Bonchev–Trinajstić information content (AvgIpc) is 2.89. The van der Waals surface area contributed by atoms with Crippen LogP contribution in [0.4, 0.5) is 10.1 Å². The molecule has 5 nitrogen and oxygen atoms in total. The molecule has 7 heteroatoms. The van der Waals surface area contributed by atoms with Crippen LogP contribution in [0.3, 0.4) is 0 Å². The Morgan fingerprint density at radius 3 is 2.32 bits per heavy atom. The summed E-state index contributed by atoms with van der Waals surface area (Å²) in [6, 6.07) is 13.1. The zero-order chi connectivity index (χ0) is 20.3. The normalized spacial score (nSPS) is 10.6. The van der Waals surface area contributed by atoms with Crippen molar-refractivity contribution in [1.82, 2.24) is 15.1 Å². The van der Waals surface area contributed by atoms with Crippen LogP contribution in [0.2, 0.25) is 0 Å². The first-order chi connectivity index (χ1) is 13.3. The van der Waals surface area contributed by atoms with Gasteiger partial charge in [-0.05, 0) is 68.0 Å². The summed E-state index contributed by atoms with van der Waals surface area (Å²) in [6.07, 6.45) is 0.803. The van der Waals surface area contributed by atoms with Crippen molar-refractivity contribution in [3.63, 3.8) is 0 Å². The smallest absolute Gasteiger partial charge is 0.257 e. The maximum atomic E-state index is 12.9. The molecule has 2 N–H and O–H groups in total. The Bertz CT molecular complexity index is 1010. The summed E-state index contributed by atoms with van der Waals surface area (Å²) >= 11 is 5.18.